The molecule has 32 heavy (non-hydrogen) atoms. The Morgan fingerprint density at radius 2 is 1.25 bits per heavy atom. The number of aromatic nitrogens is 1. The lowest BCUT2D eigenvalue weighted by molar-refractivity contribution is 0.0888. The molecule has 1 aliphatic rings. The van der Waals surface area contributed by atoms with E-state index in [1.165, 1.54) is 0 Å². The van der Waals surface area contributed by atoms with Gasteiger partial charge in [0.1, 0.15) is 17.4 Å². The number of rotatable bonds is 3. The molecule has 0 saturated carbocycles. The minimum atomic E-state index is -0.897. The van der Waals surface area contributed by atoms with E-state index in [-0.39, 0.29) is 11.6 Å². The average molecular weight is 415 g/mol. The predicted molar refractivity (Wildman–Crippen MR) is 124 cm³/mol. The van der Waals surface area contributed by atoms with Gasteiger partial charge in [-0.15, -0.1) is 0 Å². The number of ether oxygens (including phenoxy) is 1. The normalized spacial score (nSPS) is 13.6. The Labute approximate surface area is 184 Å². The van der Waals surface area contributed by atoms with Gasteiger partial charge in [0.15, 0.2) is 11.6 Å². The maximum Gasteiger partial charge on any atom is 0.180 e. The van der Waals surface area contributed by atoms with Crippen LogP contribution >= 0.6 is 0 Å². The number of Topliss-reactive ketones (excluding diaryl/α,β-unsaturated/α-hetero) is 2. The Hall–Kier alpha value is -4.31. The summed E-state index contributed by atoms with van der Waals surface area (Å²) in [7, 11) is 0. The van der Waals surface area contributed by atoms with Crippen molar-refractivity contribution in [3.05, 3.63) is 114 Å². The molecule has 4 heteroatoms. The van der Waals surface area contributed by atoms with Crippen LogP contribution in [0.25, 0.3) is 21.7 Å². The van der Waals surface area contributed by atoms with E-state index in [1.807, 2.05) is 91.0 Å². The van der Waals surface area contributed by atoms with Crippen LogP contribution in [0.1, 0.15) is 32.3 Å². The summed E-state index contributed by atoms with van der Waals surface area (Å²) in [5.74, 6) is 0.179. The molecule has 5 aromatic rings. The standard InChI is InChI=1S/C28H17NO3/c30-27-22-15-17-6-4-5-7-18(17)16-23(22)28(31)26(27)25-12-10-19-14-21(11-13-24(19)29-25)32-20-8-2-1-3-9-20/h1-16,26H. The molecular weight excluding hydrogens is 398 g/mol. The van der Waals surface area contributed by atoms with E-state index in [9.17, 15) is 9.59 Å². The van der Waals surface area contributed by atoms with Crippen LogP contribution in [0.4, 0.5) is 0 Å². The number of carbonyl (C=O) groups is 2. The summed E-state index contributed by atoms with van der Waals surface area (Å²) in [4.78, 5) is 31.0. The summed E-state index contributed by atoms with van der Waals surface area (Å²) < 4.78 is 5.89. The van der Waals surface area contributed by atoms with Crippen LogP contribution in [0.15, 0.2) is 97.1 Å². The number of hydrogen-bond acceptors (Lipinski definition) is 4. The van der Waals surface area contributed by atoms with Crippen LogP contribution in [0, 0.1) is 0 Å². The first-order chi connectivity index (χ1) is 15.7. The third kappa shape index (κ3) is 2.96. The lowest BCUT2D eigenvalue weighted by Gasteiger charge is -2.10. The van der Waals surface area contributed by atoms with Gasteiger partial charge in [0.05, 0.1) is 11.2 Å². The Morgan fingerprint density at radius 3 is 1.94 bits per heavy atom. The lowest BCUT2D eigenvalue weighted by atomic mass is 9.98. The van der Waals surface area contributed by atoms with Crippen molar-refractivity contribution in [2.75, 3.05) is 0 Å². The van der Waals surface area contributed by atoms with Crippen LogP contribution in [-0.2, 0) is 0 Å². The molecule has 0 radical (unpaired) electrons. The molecule has 1 heterocycles. The van der Waals surface area contributed by atoms with Gasteiger partial charge in [-0.25, -0.2) is 0 Å². The van der Waals surface area contributed by atoms with E-state index in [2.05, 4.69) is 4.98 Å². The van der Waals surface area contributed by atoms with Crippen molar-refractivity contribution in [2.45, 2.75) is 5.92 Å². The molecule has 0 spiro atoms. The summed E-state index contributed by atoms with van der Waals surface area (Å²) in [6, 6.07) is 30.2. The second-order valence-electron chi connectivity index (χ2n) is 7.91. The Morgan fingerprint density at radius 1 is 0.594 bits per heavy atom. The van der Waals surface area contributed by atoms with Gasteiger partial charge in [-0.2, -0.15) is 0 Å². The topological polar surface area (TPSA) is 56.3 Å². The zero-order valence-corrected chi connectivity index (χ0v) is 17.0. The van der Waals surface area contributed by atoms with Crippen LogP contribution in [0.2, 0.25) is 0 Å². The van der Waals surface area contributed by atoms with E-state index in [0.29, 0.717) is 28.1 Å². The highest BCUT2D eigenvalue weighted by Gasteiger charge is 2.40. The number of hydrogen-bond donors (Lipinski definition) is 0. The summed E-state index contributed by atoms with van der Waals surface area (Å²) in [6.45, 7) is 0. The van der Waals surface area contributed by atoms with Gasteiger partial charge >= 0.3 is 0 Å². The fourth-order valence-corrected chi connectivity index (χ4v) is 4.32. The molecule has 0 fully saturated rings. The van der Waals surface area contributed by atoms with Gasteiger partial charge in [-0.05, 0) is 59.3 Å². The predicted octanol–water partition coefficient (Wildman–Crippen LogP) is 6.34. The largest absolute Gasteiger partial charge is 0.457 e. The molecule has 0 aliphatic heterocycles. The zero-order chi connectivity index (χ0) is 21.7. The van der Waals surface area contributed by atoms with Gasteiger partial charge in [0.25, 0.3) is 0 Å². The van der Waals surface area contributed by atoms with Crippen molar-refractivity contribution in [3.63, 3.8) is 0 Å². The van der Waals surface area contributed by atoms with Crippen molar-refractivity contribution in [1.29, 1.82) is 0 Å². The molecule has 4 aromatic carbocycles. The molecule has 0 amide bonds. The van der Waals surface area contributed by atoms with Gasteiger partial charge in [-0.3, -0.25) is 14.6 Å². The van der Waals surface area contributed by atoms with Crippen LogP contribution < -0.4 is 4.74 Å². The van der Waals surface area contributed by atoms with Crippen molar-refractivity contribution < 1.29 is 14.3 Å². The Bertz CT molecular complexity index is 1480. The van der Waals surface area contributed by atoms with Crippen molar-refractivity contribution in [2.24, 2.45) is 0 Å². The van der Waals surface area contributed by atoms with Crippen LogP contribution in [-0.4, -0.2) is 16.6 Å². The molecular formula is C28H17NO3. The molecule has 1 aromatic heterocycles. The van der Waals surface area contributed by atoms with E-state index < -0.39 is 5.92 Å². The van der Waals surface area contributed by atoms with E-state index in [1.54, 1.807) is 6.07 Å². The first-order valence-electron chi connectivity index (χ1n) is 10.4. The molecule has 0 saturated heterocycles. The molecule has 0 bridgehead atoms. The summed E-state index contributed by atoms with van der Waals surface area (Å²) in [5, 5.41) is 2.78. The number of fused-ring (bicyclic) bond motifs is 3. The third-order valence-corrected chi connectivity index (χ3v) is 5.90. The number of carbonyl (C=O) groups excluding carboxylic acids is 2. The molecule has 1 aliphatic carbocycles. The molecule has 6 rings (SSSR count). The van der Waals surface area contributed by atoms with Gasteiger partial charge in [-0.1, -0.05) is 48.5 Å². The van der Waals surface area contributed by atoms with Gasteiger partial charge in [0, 0.05) is 16.5 Å². The second kappa shape index (κ2) is 7.13. The Kier molecular flexibility index (Phi) is 4.12. The summed E-state index contributed by atoms with van der Waals surface area (Å²) in [5.41, 5.74) is 2.15. The van der Waals surface area contributed by atoms with E-state index in [0.717, 1.165) is 21.9 Å². The van der Waals surface area contributed by atoms with Crippen molar-refractivity contribution >= 4 is 33.2 Å². The first kappa shape index (κ1) is 18.5. The summed E-state index contributed by atoms with van der Waals surface area (Å²) in [6.07, 6.45) is 0. The molecule has 152 valence electrons. The second-order valence-corrected chi connectivity index (χ2v) is 7.91. The van der Waals surface area contributed by atoms with Crippen LogP contribution in [0.3, 0.4) is 0 Å². The quantitative estimate of drug-likeness (QED) is 0.323. The number of benzene rings is 4. The van der Waals surface area contributed by atoms with Gasteiger partial charge in [0.2, 0.25) is 0 Å². The molecule has 0 N–H and O–H groups in total. The van der Waals surface area contributed by atoms with E-state index >= 15 is 0 Å². The average Bonchev–Trinajstić information content (AvgIpc) is 3.07. The van der Waals surface area contributed by atoms with Crippen molar-refractivity contribution in [3.8, 4) is 11.5 Å². The first-order valence-corrected chi connectivity index (χ1v) is 10.4. The Balaban J connectivity index is 1.36. The zero-order valence-electron chi connectivity index (χ0n) is 17.0. The summed E-state index contributed by atoms with van der Waals surface area (Å²) >= 11 is 0. The minimum absolute atomic E-state index is 0.188. The maximum atomic E-state index is 13.2. The number of nitrogens with zero attached hydrogens (tertiary/aromatic N) is 1. The molecule has 0 atom stereocenters. The van der Waals surface area contributed by atoms with Gasteiger partial charge < -0.3 is 4.74 Å². The molecule has 4 nitrogen and oxygen atoms in total. The molecule has 0 unspecified atom stereocenters. The van der Waals surface area contributed by atoms with E-state index in [4.69, 9.17) is 4.74 Å². The highest BCUT2D eigenvalue weighted by molar-refractivity contribution is 6.30. The fraction of sp³-hybridized carbons (Fsp3) is 0.0357. The fourth-order valence-electron chi connectivity index (χ4n) is 4.32. The van der Waals surface area contributed by atoms with Crippen LogP contribution in [0.5, 0.6) is 11.5 Å². The lowest BCUT2D eigenvalue weighted by Crippen LogP contribution is -2.14. The number of para-hydroxylation sites is 1. The maximum absolute atomic E-state index is 13.2. The highest BCUT2D eigenvalue weighted by atomic mass is 16.5. The number of ketones is 2. The smallest absolute Gasteiger partial charge is 0.180 e. The number of pyridine rings is 1. The van der Waals surface area contributed by atoms with Crippen molar-refractivity contribution in [1.82, 2.24) is 4.98 Å². The SMILES string of the molecule is O=C1c2cc3ccccc3cc2C(=O)C1c1ccc2cc(Oc3ccccc3)ccc2n1. The highest BCUT2D eigenvalue weighted by Crippen LogP contribution is 2.36. The third-order valence-electron chi connectivity index (χ3n) is 5.90. The minimum Gasteiger partial charge on any atom is -0.457 e. The monoisotopic (exact) mass is 415 g/mol.